The molecule has 1 atom stereocenters. The van der Waals surface area contributed by atoms with Crippen molar-refractivity contribution in [3.63, 3.8) is 0 Å². The molecule has 192 valence electrons. The first kappa shape index (κ1) is 25.8. The van der Waals surface area contributed by atoms with Gasteiger partial charge in [-0.15, -0.1) is 11.3 Å². The quantitative estimate of drug-likeness (QED) is 0.397. The van der Waals surface area contributed by atoms with Crippen molar-refractivity contribution in [2.45, 2.75) is 52.1 Å². The lowest BCUT2D eigenvalue weighted by Gasteiger charge is -2.22. The zero-order valence-electron chi connectivity index (χ0n) is 21.0. The van der Waals surface area contributed by atoms with Gasteiger partial charge in [0.25, 0.3) is 0 Å². The molecule has 0 saturated carbocycles. The summed E-state index contributed by atoms with van der Waals surface area (Å²) in [5.74, 6) is -0.0863. The number of likely N-dealkylation sites (tertiary alicyclic amines) is 1. The first-order valence-corrected chi connectivity index (χ1v) is 13.2. The van der Waals surface area contributed by atoms with E-state index in [9.17, 15) is 14.4 Å². The fraction of sp³-hybridized carbons (Fsp3) is 0.480. The van der Waals surface area contributed by atoms with Gasteiger partial charge in [0.1, 0.15) is 22.2 Å². The average molecular weight is 512 g/mol. The second-order valence-corrected chi connectivity index (χ2v) is 9.76. The van der Waals surface area contributed by atoms with Crippen molar-refractivity contribution in [2.75, 3.05) is 32.4 Å². The molecule has 0 radical (unpaired) electrons. The maximum absolute atomic E-state index is 13.1. The molecule has 3 aromatic rings. The summed E-state index contributed by atoms with van der Waals surface area (Å²) in [6, 6.07) is 3.85. The normalized spacial score (nSPS) is 15.9. The van der Waals surface area contributed by atoms with Gasteiger partial charge in [0, 0.05) is 37.1 Å². The highest BCUT2D eigenvalue weighted by molar-refractivity contribution is 7.13. The molecule has 3 aromatic heterocycles. The Morgan fingerprint density at radius 2 is 1.97 bits per heavy atom. The van der Waals surface area contributed by atoms with E-state index in [0.717, 1.165) is 19.5 Å². The van der Waals surface area contributed by atoms with Gasteiger partial charge in [0.15, 0.2) is 5.43 Å². The van der Waals surface area contributed by atoms with Crippen LogP contribution in [0.4, 0.5) is 5.82 Å². The lowest BCUT2D eigenvalue weighted by Crippen LogP contribution is -2.40. The Morgan fingerprint density at radius 1 is 1.17 bits per heavy atom. The minimum absolute atomic E-state index is 0.0440. The van der Waals surface area contributed by atoms with Crippen molar-refractivity contribution in [3.8, 4) is 10.7 Å². The van der Waals surface area contributed by atoms with Crippen LogP contribution in [-0.4, -0.2) is 64.0 Å². The Kier molecular flexibility index (Phi) is 8.00. The largest absolute Gasteiger partial charge is 0.385 e. The second-order valence-electron chi connectivity index (χ2n) is 8.90. The first-order chi connectivity index (χ1) is 17.4. The van der Waals surface area contributed by atoms with E-state index in [-0.39, 0.29) is 41.5 Å². The van der Waals surface area contributed by atoms with Gasteiger partial charge in [0.05, 0.1) is 23.9 Å². The number of nitrogen functional groups attached to an aromatic ring is 1. The summed E-state index contributed by atoms with van der Waals surface area (Å²) in [5, 5.41) is 8.51. The number of amides is 2. The molecule has 1 fully saturated rings. The maximum Gasteiger partial charge on any atom is 0.226 e. The molecule has 4 heterocycles. The van der Waals surface area contributed by atoms with Crippen LogP contribution in [0.25, 0.3) is 21.7 Å². The van der Waals surface area contributed by atoms with Gasteiger partial charge < -0.3 is 20.9 Å². The van der Waals surface area contributed by atoms with Crippen molar-refractivity contribution in [2.24, 2.45) is 0 Å². The number of thiazole rings is 1. The van der Waals surface area contributed by atoms with E-state index in [2.05, 4.69) is 27.4 Å². The van der Waals surface area contributed by atoms with Gasteiger partial charge in [-0.3, -0.25) is 19.3 Å². The standard InChI is InChI=1S/C25H33N7O3S/c1-4-31-10-6-7-16(31)13-28-21(34)11-15-14-36-25(29-15)19-9-8-17-22(35)18(12-20(33)27-3)23(26)32(5-2)24(17)30-19/h8-9,14,16H,4-7,10-13,26H2,1-3H3,(H,27,33)(H,28,34). The molecule has 36 heavy (non-hydrogen) atoms. The number of aromatic nitrogens is 3. The average Bonchev–Trinajstić information content (AvgIpc) is 3.54. The molecule has 0 bridgehead atoms. The van der Waals surface area contributed by atoms with Crippen molar-refractivity contribution in [1.29, 1.82) is 0 Å². The lowest BCUT2D eigenvalue weighted by molar-refractivity contribution is -0.121. The third-order valence-electron chi connectivity index (χ3n) is 6.73. The predicted molar refractivity (Wildman–Crippen MR) is 142 cm³/mol. The zero-order chi connectivity index (χ0) is 25.8. The van der Waals surface area contributed by atoms with E-state index in [1.807, 2.05) is 12.3 Å². The van der Waals surface area contributed by atoms with E-state index in [4.69, 9.17) is 10.7 Å². The SMILES string of the molecule is CCN1CCCC1CNC(=O)Cc1csc(-c2ccc3c(=O)c(CC(=O)NC)c(N)n(CC)c3n2)n1. The van der Waals surface area contributed by atoms with Crippen LogP contribution in [0.15, 0.2) is 22.3 Å². The number of carbonyl (C=O) groups is 2. The Hall–Kier alpha value is -3.31. The van der Waals surface area contributed by atoms with Crippen LogP contribution >= 0.6 is 11.3 Å². The van der Waals surface area contributed by atoms with Gasteiger partial charge in [-0.05, 0) is 45.0 Å². The number of rotatable bonds is 9. The maximum atomic E-state index is 13.1. The van der Waals surface area contributed by atoms with E-state index in [0.29, 0.717) is 46.6 Å². The Bertz CT molecular complexity index is 1330. The highest BCUT2D eigenvalue weighted by Gasteiger charge is 2.23. The Balaban J connectivity index is 1.53. The van der Waals surface area contributed by atoms with Gasteiger partial charge in [-0.2, -0.15) is 0 Å². The van der Waals surface area contributed by atoms with Crippen molar-refractivity contribution in [3.05, 3.63) is 39.0 Å². The predicted octanol–water partition coefficient (Wildman–Crippen LogP) is 1.55. The van der Waals surface area contributed by atoms with E-state index in [1.54, 1.807) is 16.7 Å². The highest BCUT2D eigenvalue weighted by atomic mass is 32.1. The summed E-state index contributed by atoms with van der Waals surface area (Å²) in [7, 11) is 1.52. The topological polar surface area (TPSA) is 135 Å². The number of hydrogen-bond acceptors (Lipinski definition) is 8. The summed E-state index contributed by atoms with van der Waals surface area (Å²) < 4.78 is 1.74. The molecular weight excluding hydrogens is 478 g/mol. The molecule has 1 saturated heterocycles. The van der Waals surface area contributed by atoms with Crippen LogP contribution in [0.1, 0.15) is 37.9 Å². The third kappa shape index (κ3) is 5.26. The van der Waals surface area contributed by atoms with Crippen molar-refractivity contribution >= 4 is 40.0 Å². The molecule has 4 rings (SSSR count). The lowest BCUT2D eigenvalue weighted by atomic mass is 10.1. The van der Waals surface area contributed by atoms with Gasteiger partial charge in [-0.1, -0.05) is 6.92 Å². The number of fused-ring (bicyclic) bond motifs is 1. The highest BCUT2D eigenvalue weighted by Crippen LogP contribution is 2.26. The molecular formula is C25H33N7O3S. The minimum Gasteiger partial charge on any atom is -0.385 e. The van der Waals surface area contributed by atoms with Crippen LogP contribution in [0, 0.1) is 0 Å². The fourth-order valence-corrected chi connectivity index (χ4v) is 5.54. The van der Waals surface area contributed by atoms with E-state index in [1.165, 1.54) is 24.8 Å². The number of hydrogen-bond donors (Lipinski definition) is 3. The molecule has 10 nitrogen and oxygen atoms in total. The second kappa shape index (κ2) is 11.2. The Morgan fingerprint density at radius 3 is 2.69 bits per heavy atom. The van der Waals surface area contributed by atoms with Crippen LogP contribution in [-0.2, 0) is 29.0 Å². The van der Waals surface area contributed by atoms with Crippen LogP contribution in [0.3, 0.4) is 0 Å². The molecule has 0 aliphatic carbocycles. The van der Waals surface area contributed by atoms with Gasteiger partial charge >= 0.3 is 0 Å². The molecule has 0 spiro atoms. The van der Waals surface area contributed by atoms with Crippen molar-refractivity contribution < 1.29 is 9.59 Å². The van der Waals surface area contributed by atoms with Crippen LogP contribution in [0.2, 0.25) is 0 Å². The number of aryl methyl sites for hydroxylation is 1. The third-order valence-corrected chi connectivity index (χ3v) is 7.65. The summed E-state index contributed by atoms with van der Waals surface area (Å²) in [4.78, 5) is 49.2. The molecule has 2 amide bonds. The number of nitrogens with two attached hydrogens (primary N) is 1. The number of nitrogens with one attached hydrogen (secondary N) is 2. The Labute approximate surface area is 213 Å². The summed E-state index contributed by atoms with van der Waals surface area (Å²) >= 11 is 1.40. The number of nitrogens with zero attached hydrogens (tertiary/aromatic N) is 4. The fourth-order valence-electron chi connectivity index (χ4n) is 4.75. The van der Waals surface area contributed by atoms with E-state index < -0.39 is 0 Å². The molecule has 4 N–H and O–H groups in total. The number of anilines is 1. The monoisotopic (exact) mass is 511 g/mol. The van der Waals surface area contributed by atoms with Crippen molar-refractivity contribution in [1.82, 2.24) is 30.1 Å². The summed E-state index contributed by atoms with van der Waals surface area (Å²) in [5.41, 5.74) is 7.98. The summed E-state index contributed by atoms with van der Waals surface area (Å²) in [6.07, 6.45) is 2.41. The number of likely N-dealkylation sites (N-methyl/N-ethyl adjacent to an activating group) is 2. The van der Waals surface area contributed by atoms with E-state index >= 15 is 0 Å². The summed E-state index contributed by atoms with van der Waals surface area (Å²) in [6.45, 7) is 7.30. The van der Waals surface area contributed by atoms with Crippen LogP contribution in [0.5, 0.6) is 0 Å². The molecule has 11 heteroatoms. The minimum atomic E-state index is -0.296. The molecule has 1 aliphatic heterocycles. The van der Waals surface area contributed by atoms with Gasteiger partial charge in [0.2, 0.25) is 11.8 Å². The molecule has 1 unspecified atom stereocenters. The molecule has 0 aromatic carbocycles. The smallest absolute Gasteiger partial charge is 0.226 e. The van der Waals surface area contributed by atoms with Gasteiger partial charge in [-0.25, -0.2) is 9.97 Å². The molecule has 1 aliphatic rings. The number of pyridine rings is 2. The van der Waals surface area contributed by atoms with Crippen LogP contribution < -0.4 is 21.8 Å². The first-order valence-electron chi connectivity index (χ1n) is 12.3. The number of carbonyl (C=O) groups excluding carboxylic acids is 2. The zero-order valence-corrected chi connectivity index (χ0v) is 21.8.